The minimum absolute atomic E-state index is 0.0199. The van der Waals surface area contributed by atoms with Crippen molar-refractivity contribution in [1.29, 1.82) is 0 Å². The number of rotatable bonds is 5. The number of benzene rings is 2. The molecular weight excluding hydrogens is 371 g/mol. The summed E-state index contributed by atoms with van der Waals surface area (Å²) in [6.07, 6.45) is 1.19. The second kappa shape index (κ2) is 8.14. The van der Waals surface area contributed by atoms with Gasteiger partial charge in [-0.3, -0.25) is 4.79 Å². The molecule has 0 saturated carbocycles. The lowest BCUT2D eigenvalue weighted by Gasteiger charge is -2.14. The summed E-state index contributed by atoms with van der Waals surface area (Å²) in [5.74, 6) is -0.607. The summed E-state index contributed by atoms with van der Waals surface area (Å²) in [5.41, 5.74) is 3.54. The van der Waals surface area contributed by atoms with E-state index in [0.29, 0.717) is 36.6 Å². The summed E-state index contributed by atoms with van der Waals surface area (Å²) in [5, 5.41) is 20.6. The predicted octanol–water partition coefficient (Wildman–Crippen LogP) is 2.30. The number of hydrogen-bond donors (Lipinski definition) is 3. The van der Waals surface area contributed by atoms with Crippen molar-refractivity contribution < 1.29 is 14.3 Å². The van der Waals surface area contributed by atoms with Crippen LogP contribution in [-0.2, 0) is 0 Å². The molecule has 0 radical (unpaired) electrons. The molecule has 1 aliphatic rings. The number of β-amino-alcohol motifs (C(OH)–C–C–N with tert-alkyl or cyclic N) is 1. The van der Waals surface area contributed by atoms with Gasteiger partial charge in [0.1, 0.15) is 11.5 Å². The Hall–Kier alpha value is -3.03. The Morgan fingerprint density at radius 2 is 2.07 bits per heavy atom. The van der Waals surface area contributed by atoms with Crippen LogP contribution in [0.5, 0.6) is 0 Å². The number of amides is 1. The number of halogens is 1. The highest BCUT2D eigenvalue weighted by molar-refractivity contribution is 6.00. The third kappa shape index (κ3) is 4.21. The van der Waals surface area contributed by atoms with Crippen LogP contribution in [-0.4, -0.2) is 46.5 Å². The largest absolute Gasteiger partial charge is 0.391 e. The van der Waals surface area contributed by atoms with Gasteiger partial charge in [0.25, 0.3) is 5.91 Å². The lowest BCUT2D eigenvalue weighted by atomic mass is 10.0. The Bertz CT molecular complexity index is 1020. The van der Waals surface area contributed by atoms with Gasteiger partial charge < -0.3 is 15.7 Å². The highest BCUT2D eigenvalue weighted by Crippen LogP contribution is 2.25. The molecule has 1 amide bonds. The number of hydrogen-bond acceptors (Lipinski definition) is 4. The number of aryl methyl sites for hydroxylation is 1. The molecule has 3 aromatic rings. The lowest BCUT2D eigenvalue weighted by molar-refractivity contribution is 0.0927. The summed E-state index contributed by atoms with van der Waals surface area (Å²) in [6.45, 7) is 3.56. The Balaban J connectivity index is 1.66. The van der Waals surface area contributed by atoms with E-state index in [2.05, 4.69) is 15.7 Å². The van der Waals surface area contributed by atoms with Crippen LogP contribution in [0.25, 0.3) is 16.9 Å². The summed E-state index contributed by atoms with van der Waals surface area (Å²) in [6, 6.07) is 13.7. The molecule has 3 N–H and O–H groups in total. The summed E-state index contributed by atoms with van der Waals surface area (Å²) in [7, 11) is 0. The number of nitrogens with one attached hydrogen (secondary N) is 2. The van der Waals surface area contributed by atoms with Gasteiger partial charge >= 0.3 is 0 Å². The molecule has 2 atom stereocenters. The van der Waals surface area contributed by atoms with Crippen LogP contribution < -0.4 is 10.6 Å². The first-order chi connectivity index (χ1) is 14.0. The van der Waals surface area contributed by atoms with E-state index >= 15 is 0 Å². The molecule has 0 aliphatic carbocycles. The topological polar surface area (TPSA) is 79.2 Å². The molecule has 29 heavy (non-hydrogen) atoms. The third-order valence-electron chi connectivity index (χ3n) is 5.17. The molecule has 2 unspecified atom stereocenters. The number of carbonyl (C=O) groups excluding carboxylic acids is 1. The molecule has 1 aliphatic heterocycles. The highest BCUT2D eigenvalue weighted by Gasteiger charge is 2.26. The fraction of sp³-hybridized carbons (Fsp3) is 0.273. The minimum Gasteiger partial charge on any atom is -0.391 e. The summed E-state index contributed by atoms with van der Waals surface area (Å²) < 4.78 is 14.9. The van der Waals surface area contributed by atoms with Crippen LogP contribution in [0, 0.1) is 18.7 Å². The van der Waals surface area contributed by atoms with E-state index in [1.165, 1.54) is 12.1 Å². The maximum atomic E-state index is 13.3. The van der Waals surface area contributed by atoms with Gasteiger partial charge in [-0.2, -0.15) is 5.10 Å². The maximum absolute atomic E-state index is 13.3. The fourth-order valence-corrected chi connectivity index (χ4v) is 3.52. The van der Waals surface area contributed by atoms with Crippen molar-refractivity contribution in [2.24, 2.45) is 5.92 Å². The average Bonchev–Trinajstić information content (AvgIpc) is 3.33. The number of nitrogens with zero attached hydrogens (tertiary/aromatic N) is 2. The predicted molar refractivity (Wildman–Crippen MR) is 108 cm³/mol. The Kier molecular flexibility index (Phi) is 5.42. The van der Waals surface area contributed by atoms with E-state index in [9.17, 15) is 14.3 Å². The smallest absolute Gasteiger partial charge is 0.255 e. The standard InChI is InChI=1S/C22H23FN4O2/c1-14-3-2-4-15(9-14)21-19(22(29)25-11-16-10-24-12-20(16)28)13-27(26-21)18-7-5-17(23)6-8-18/h2-9,13,16,20,24,28H,10-12H2,1H3,(H,25,29). The lowest BCUT2D eigenvalue weighted by Crippen LogP contribution is -2.34. The normalized spacial score (nSPS) is 18.7. The van der Waals surface area contributed by atoms with E-state index in [1.807, 2.05) is 31.2 Å². The molecule has 7 heteroatoms. The van der Waals surface area contributed by atoms with E-state index in [-0.39, 0.29) is 17.6 Å². The zero-order valence-corrected chi connectivity index (χ0v) is 16.1. The summed E-state index contributed by atoms with van der Waals surface area (Å²) >= 11 is 0. The van der Waals surface area contributed by atoms with Crippen LogP contribution in [0.3, 0.4) is 0 Å². The van der Waals surface area contributed by atoms with Gasteiger partial charge in [0.05, 0.1) is 17.4 Å². The number of aliphatic hydroxyl groups excluding tert-OH is 1. The van der Waals surface area contributed by atoms with Crippen molar-refractivity contribution in [2.75, 3.05) is 19.6 Å². The third-order valence-corrected chi connectivity index (χ3v) is 5.17. The van der Waals surface area contributed by atoms with Crippen molar-refractivity contribution in [1.82, 2.24) is 20.4 Å². The first-order valence-corrected chi connectivity index (χ1v) is 9.61. The molecule has 2 aromatic carbocycles. The van der Waals surface area contributed by atoms with Crippen molar-refractivity contribution in [2.45, 2.75) is 13.0 Å². The van der Waals surface area contributed by atoms with E-state index < -0.39 is 6.10 Å². The van der Waals surface area contributed by atoms with Gasteiger partial charge in [0, 0.05) is 37.3 Å². The molecule has 0 bridgehead atoms. The van der Waals surface area contributed by atoms with Crippen LogP contribution in [0.4, 0.5) is 4.39 Å². The maximum Gasteiger partial charge on any atom is 0.255 e. The van der Waals surface area contributed by atoms with Crippen LogP contribution in [0.15, 0.2) is 54.7 Å². The Morgan fingerprint density at radius 3 is 2.76 bits per heavy atom. The monoisotopic (exact) mass is 394 g/mol. The first kappa shape index (κ1) is 19.3. The zero-order chi connectivity index (χ0) is 20.4. The van der Waals surface area contributed by atoms with E-state index in [4.69, 9.17) is 0 Å². The average molecular weight is 394 g/mol. The summed E-state index contributed by atoms with van der Waals surface area (Å²) in [4.78, 5) is 13.0. The van der Waals surface area contributed by atoms with E-state index in [1.54, 1.807) is 23.0 Å². The molecule has 6 nitrogen and oxygen atoms in total. The highest BCUT2D eigenvalue weighted by atomic mass is 19.1. The van der Waals surface area contributed by atoms with Crippen molar-refractivity contribution in [3.63, 3.8) is 0 Å². The van der Waals surface area contributed by atoms with Crippen LogP contribution in [0.1, 0.15) is 15.9 Å². The number of aromatic nitrogens is 2. The van der Waals surface area contributed by atoms with Gasteiger partial charge in [0.2, 0.25) is 0 Å². The van der Waals surface area contributed by atoms with Crippen LogP contribution in [0.2, 0.25) is 0 Å². The molecule has 1 saturated heterocycles. The van der Waals surface area contributed by atoms with Gasteiger partial charge in [-0.25, -0.2) is 9.07 Å². The molecule has 150 valence electrons. The second-order valence-electron chi connectivity index (χ2n) is 7.38. The molecule has 0 spiro atoms. The Labute approximate surface area is 168 Å². The molecule has 1 aromatic heterocycles. The molecular formula is C22H23FN4O2. The quantitative estimate of drug-likeness (QED) is 0.621. The van der Waals surface area contributed by atoms with Crippen LogP contribution >= 0.6 is 0 Å². The van der Waals surface area contributed by atoms with Gasteiger partial charge in [-0.15, -0.1) is 0 Å². The molecule has 4 rings (SSSR count). The zero-order valence-electron chi connectivity index (χ0n) is 16.1. The Morgan fingerprint density at radius 1 is 1.28 bits per heavy atom. The first-order valence-electron chi connectivity index (χ1n) is 9.61. The van der Waals surface area contributed by atoms with E-state index in [0.717, 1.165) is 11.1 Å². The van der Waals surface area contributed by atoms with Gasteiger partial charge in [0.15, 0.2) is 0 Å². The van der Waals surface area contributed by atoms with Crippen molar-refractivity contribution in [3.8, 4) is 16.9 Å². The fourth-order valence-electron chi connectivity index (χ4n) is 3.52. The van der Waals surface area contributed by atoms with Crippen molar-refractivity contribution >= 4 is 5.91 Å². The minimum atomic E-state index is -0.464. The molecule has 2 heterocycles. The second-order valence-corrected chi connectivity index (χ2v) is 7.38. The SMILES string of the molecule is Cc1cccc(-c2nn(-c3ccc(F)cc3)cc2C(=O)NCC2CNCC2O)c1. The van der Waals surface area contributed by atoms with Crippen molar-refractivity contribution in [3.05, 3.63) is 71.7 Å². The number of carbonyl (C=O) groups is 1. The number of aliphatic hydroxyl groups is 1. The van der Waals surface area contributed by atoms with Gasteiger partial charge in [-0.1, -0.05) is 23.8 Å². The molecule has 1 fully saturated rings. The van der Waals surface area contributed by atoms with Gasteiger partial charge in [-0.05, 0) is 37.3 Å².